The van der Waals surface area contributed by atoms with Crippen molar-refractivity contribution in [2.75, 3.05) is 19.7 Å². The van der Waals surface area contributed by atoms with Crippen molar-refractivity contribution in [3.05, 3.63) is 35.4 Å². The van der Waals surface area contributed by atoms with Gasteiger partial charge in [-0.15, -0.1) is 0 Å². The molecule has 1 aliphatic heterocycles. The van der Waals surface area contributed by atoms with Gasteiger partial charge in [0.1, 0.15) is 0 Å². The lowest BCUT2D eigenvalue weighted by molar-refractivity contribution is 0.0240. The van der Waals surface area contributed by atoms with Gasteiger partial charge in [0.15, 0.2) is 5.78 Å². The lowest BCUT2D eigenvalue weighted by Crippen LogP contribution is -2.39. The third-order valence-electron chi connectivity index (χ3n) is 3.49. The molecule has 1 fully saturated rings. The largest absolute Gasteiger partial charge is 0.375 e. The van der Waals surface area contributed by atoms with E-state index in [-0.39, 0.29) is 17.3 Å². The van der Waals surface area contributed by atoms with Gasteiger partial charge >= 0.3 is 0 Å². The Kier molecular flexibility index (Phi) is 4.38. The molecule has 1 aliphatic rings. The highest BCUT2D eigenvalue weighted by molar-refractivity contribution is 5.96. The number of hydrogen-bond donors (Lipinski definition) is 1. The number of nitrogens with one attached hydrogen (secondary N) is 1. The van der Waals surface area contributed by atoms with Gasteiger partial charge in [-0.05, 0) is 11.0 Å². The van der Waals surface area contributed by atoms with Gasteiger partial charge in [0.2, 0.25) is 0 Å². The molecular weight excluding hydrogens is 238 g/mol. The van der Waals surface area contributed by atoms with Gasteiger partial charge < -0.3 is 10.1 Å². The van der Waals surface area contributed by atoms with E-state index in [0.717, 1.165) is 18.7 Å². The summed E-state index contributed by atoms with van der Waals surface area (Å²) in [4.78, 5) is 12.2. The predicted octanol–water partition coefficient (Wildman–Crippen LogP) is 2.55. The monoisotopic (exact) mass is 261 g/mol. The summed E-state index contributed by atoms with van der Waals surface area (Å²) in [7, 11) is 0. The third kappa shape index (κ3) is 3.88. The van der Waals surface area contributed by atoms with Crippen LogP contribution in [-0.4, -0.2) is 31.6 Å². The van der Waals surface area contributed by atoms with Gasteiger partial charge in [0.05, 0.1) is 12.7 Å². The summed E-state index contributed by atoms with van der Waals surface area (Å²) in [5.74, 6) is 0.161. The quantitative estimate of drug-likeness (QED) is 0.850. The van der Waals surface area contributed by atoms with Crippen molar-refractivity contribution < 1.29 is 9.53 Å². The molecule has 0 aromatic heterocycles. The van der Waals surface area contributed by atoms with Crippen LogP contribution in [0.25, 0.3) is 0 Å². The Bertz CT molecular complexity index is 425. The minimum Gasteiger partial charge on any atom is -0.375 e. The first-order chi connectivity index (χ1) is 8.97. The zero-order chi connectivity index (χ0) is 13.9. The molecular formula is C16H23NO2. The average Bonchev–Trinajstić information content (AvgIpc) is 2.39. The summed E-state index contributed by atoms with van der Waals surface area (Å²) in [5, 5.41) is 3.24. The van der Waals surface area contributed by atoms with Crippen LogP contribution in [0.15, 0.2) is 24.3 Å². The van der Waals surface area contributed by atoms with Crippen LogP contribution in [0.4, 0.5) is 0 Å². The fraction of sp³-hybridized carbons (Fsp3) is 0.562. The molecule has 1 aromatic carbocycles. The lowest BCUT2D eigenvalue weighted by Gasteiger charge is -2.23. The zero-order valence-electron chi connectivity index (χ0n) is 12.0. The van der Waals surface area contributed by atoms with E-state index in [2.05, 4.69) is 26.1 Å². The number of carbonyl (C=O) groups excluding carboxylic acids is 1. The molecule has 1 unspecified atom stereocenters. The number of morpholine rings is 1. The number of benzene rings is 1. The van der Waals surface area contributed by atoms with E-state index in [0.29, 0.717) is 13.0 Å². The lowest BCUT2D eigenvalue weighted by atomic mass is 9.86. The average molecular weight is 261 g/mol. The molecule has 104 valence electrons. The predicted molar refractivity (Wildman–Crippen MR) is 76.7 cm³/mol. The number of ether oxygens (including phenoxy) is 1. The summed E-state index contributed by atoms with van der Waals surface area (Å²) in [6, 6.07) is 7.96. The Labute approximate surface area is 115 Å². The van der Waals surface area contributed by atoms with E-state index >= 15 is 0 Å². The minimum absolute atomic E-state index is 0.0172. The van der Waals surface area contributed by atoms with E-state index < -0.39 is 0 Å². The van der Waals surface area contributed by atoms with Crippen molar-refractivity contribution in [3.8, 4) is 0 Å². The third-order valence-corrected chi connectivity index (χ3v) is 3.49. The van der Waals surface area contributed by atoms with E-state index in [1.54, 1.807) is 0 Å². The van der Waals surface area contributed by atoms with Gasteiger partial charge in [-0.1, -0.05) is 45.0 Å². The first-order valence-electron chi connectivity index (χ1n) is 6.93. The van der Waals surface area contributed by atoms with Gasteiger partial charge in [-0.25, -0.2) is 0 Å². The van der Waals surface area contributed by atoms with Crippen LogP contribution in [0, 0.1) is 0 Å². The summed E-state index contributed by atoms with van der Waals surface area (Å²) in [6.07, 6.45) is 0.477. The summed E-state index contributed by atoms with van der Waals surface area (Å²) < 4.78 is 5.56. The second kappa shape index (κ2) is 5.85. The van der Waals surface area contributed by atoms with E-state index in [1.165, 1.54) is 5.56 Å². The molecule has 1 N–H and O–H groups in total. The second-order valence-corrected chi connectivity index (χ2v) is 6.15. The van der Waals surface area contributed by atoms with Crippen LogP contribution in [-0.2, 0) is 10.2 Å². The second-order valence-electron chi connectivity index (χ2n) is 6.15. The molecule has 3 heteroatoms. The first-order valence-corrected chi connectivity index (χ1v) is 6.93. The Morgan fingerprint density at radius 1 is 1.32 bits per heavy atom. The standard InChI is InChI=1S/C16H23NO2/c1-16(2,3)13-6-4-12(5-7-13)15(18)10-14-11-17-8-9-19-14/h4-7,14,17H,8-11H2,1-3H3. The molecule has 0 bridgehead atoms. The molecule has 2 rings (SSSR count). The van der Waals surface area contributed by atoms with Crippen molar-refractivity contribution in [2.45, 2.75) is 38.7 Å². The van der Waals surface area contributed by atoms with Crippen molar-refractivity contribution in [2.24, 2.45) is 0 Å². The zero-order valence-corrected chi connectivity index (χ0v) is 12.0. The highest BCUT2D eigenvalue weighted by atomic mass is 16.5. The maximum absolute atomic E-state index is 12.2. The van der Waals surface area contributed by atoms with E-state index in [1.807, 2.05) is 24.3 Å². The topological polar surface area (TPSA) is 38.3 Å². The normalized spacial score (nSPS) is 20.3. The molecule has 1 saturated heterocycles. The number of rotatable bonds is 3. The molecule has 1 atom stereocenters. The molecule has 1 aromatic rings. The summed E-state index contributed by atoms with van der Waals surface area (Å²) in [5.41, 5.74) is 2.15. The highest BCUT2D eigenvalue weighted by Gasteiger charge is 2.19. The van der Waals surface area contributed by atoms with Crippen LogP contribution < -0.4 is 5.32 Å². The van der Waals surface area contributed by atoms with Gasteiger partial charge in [0.25, 0.3) is 0 Å². The fourth-order valence-electron chi connectivity index (χ4n) is 2.23. The van der Waals surface area contributed by atoms with Crippen molar-refractivity contribution in [1.82, 2.24) is 5.32 Å². The smallest absolute Gasteiger partial charge is 0.165 e. The molecule has 1 heterocycles. The van der Waals surface area contributed by atoms with Crippen LogP contribution in [0.5, 0.6) is 0 Å². The number of ketones is 1. The Balaban J connectivity index is 1.99. The minimum atomic E-state index is 0.0172. The number of Topliss-reactive ketones (excluding diaryl/α,β-unsaturated/α-hetero) is 1. The van der Waals surface area contributed by atoms with Gasteiger partial charge in [-0.2, -0.15) is 0 Å². The Morgan fingerprint density at radius 3 is 2.53 bits per heavy atom. The number of hydrogen-bond acceptors (Lipinski definition) is 3. The summed E-state index contributed by atoms with van der Waals surface area (Å²) >= 11 is 0. The first kappa shape index (κ1) is 14.2. The molecule has 3 nitrogen and oxygen atoms in total. The maximum Gasteiger partial charge on any atom is 0.165 e. The molecule has 19 heavy (non-hydrogen) atoms. The Morgan fingerprint density at radius 2 is 2.00 bits per heavy atom. The molecule has 0 radical (unpaired) electrons. The summed E-state index contributed by atoms with van der Waals surface area (Å²) in [6.45, 7) is 8.86. The van der Waals surface area contributed by atoms with Gasteiger partial charge in [-0.3, -0.25) is 4.79 Å². The molecule has 0 spiro atoms. The van der Waals surface area contributed by atoms with Crippen LogP contribution in [0.1, 0.15) is 43.1 Å². The Hall–Kier alpha value is -1.19. The van der Waals surface area contributed by atoms with E-state index in [4.69, 9.17) is 4.74 Å². The molecule has 0 aliphatic carbocycles. The van der Waals surface area contributed by atoms with Crippen molar-refractivity contribution in [1.29, 1.82) is 0 Å². The van der Waals surface area contributed by atoms with Crippen molar-refractivity contribution in [3.63, 3.8) is 0 Å². The highest BCUT2D eigenvalue weighted by Crippen LogP contribution is 2.22. The van der Waals surface area contributed by atoms with Crippen LogP contribution in [0.3, 0.4) is 0 Å². The van der Waals surface area contributed by atoms with Gasteiger partial charge in [0, 0.05) is 25.1 Å². The fourth-order valence-corrected chi connectivity index (χ4v) is 2.23. The van der Waals surface area contributed by atoms with Crippen molar-refractivity contribution >= 4 is 5.78 Å². The van der Waals surface area contributed by atoms with Crippen LogP contribution >= 0.6 is 0 Å². The molecule has 0 amide bonds. The maximum atomic E-state index is 12.2. The molecule has 0 saturated carbocycles. The SMILES string of the molecule is CC(C)(C)c1ccc(C(=O)CC2CNCCO2)cc1. The number of carbonyl (C=O) groups is 1. The van der Waals surface area contributed by atoms with E-state index in [9.17, 15) is 4.79 Å². The van der Waals surface area contributed by atoms with Crippen LogP contribution in [0.2, 0.25) is 0 Å².